The minimum absolute atomic E-state index is 0.110. The van der Waals surface area contributed by atoms with Crippen LogP contribution in [0.5, 0.6) is 0 Å². The standard InChI is InChI=1S/C23H20N2O3/c26-23(16-7-2-1-3-8-16)25-22(20-12-6-14-28-20)19-11-4-9-17(21(19)24-25)15-18-10-5-13-27-18/h1-3,5-8,10,12-15,19,22H,4,9,11H2/b17-15-. The summed E-state index contributed by atoms with van der Waals surface area (Å²) in [5, 5.41) is 6.42. The van der Waals surface area contributed by atoms with Gasteiger partial charge >= 0.3 is 0 Å². The number of amides is 1. The van der Waals surface area contributed by atoms with Gasteiger partial charge in [0.25, 0.3) is 5.91 Å². The van der Waals surface area contributed by atoms with Crippen molar-refractivity contribution >= 4 is 17.7 Å². The number of allylic oxidation sites excluding steroid dienone is 1. The monoisotopic (exact) mass is 372 g/mol. The third-order valence-electron chi connectivity index (χ3n) is 5.42. The quantitative estimate of drug-likeness (QED) is 0.626. The van der Waals surface area contributed by atoms with E-state index in [0.29, 0.717) is 5.56 Å². The molecule has 140 valence electrons. The second kappa shape index (κ2) is 7.00. The van der Waals surface area contributed by atoms with Crippen LogP contribution in [0.15, 0.2) is 86.6 Å². The number of furan rings is 2. The van der Waals surface area contributed by atoms with Crippen molar-refractivity contribution in [1.29, 1.82) is 0 Å². The van der Waals surface area contributed by atoms with Gasteiger partial charge in [0, 0.05) is 11.5 Å². The molecule has 5 heteroatoms. The summed E-state index contributed by atoms with van der Waals surface area (Å²) in [6.07, 6.45) is 8.30. The number of hydrazone groups is 1. The van der Waals surface area contributed by atoms with Crippen LogP contribution in [-0.4, -0.2) is 16.6 Å². The molecule has 3 heterocycles. The largest absolute Gasteiger partial charge is 0.467 e. The van der Waals surface area contributed by atoms with Crippen LogP contribution in [0.3, 0.4) is 0 Å². The molecule has 0 saturated heterocycles. The maximum Gasteiger partial charge on any atom is 0.274 e. The number of benzene rings is 1. The molecular formula is C23H20N2O3. The van der Waals surface area contributed by atoms with Gasteiger partial charge in [-0.1, -0.05) is 18.2 Å². The van der Waals surface area contributed by atoms with Gasteiger partial charge in [-0.15, -0.1) is 0 Å². The first-order chi connectivity index (χ1) is 13.8. The summed E-state index contributed by atoms with van der Waals surface area (Å²) in [7, 11) is 0. The summed E-state index contributed by atoms with van der Waals surface area (Å²) >= 11 is 0. The van der Waals surface area contributed by atoms with E-state index in [0.717, 1.165) is 42.1 Å². The van der Waals surface area contributed by atoms with Crippen LogP contribution in [0.4, 0.5) is 0 Å². The van der Waals surface area contributed by atoms with Gasteiger partial charge in [0.1, 0.15) is 17.6 Å². The number of fused-ring (bicyclic) bond motifs is 1. The smallest absolute Gasteiger partial charge is 0.274 e. The van der Waals surface area contributed by atoms with Crippen molar-refractivity contribution in [2.75, 3.05) is 0 Å². The molecule has 1 amide bonds. The van der Waals surface area contributed by atoms with Gasteiger partial charge in [-0.25, -0.2) is 5.01 Å². The van der Waals surface area contributed by atoms with Crippen molar-refractivity contribution in [2.24, 2.45) is 11.0 Å². The highest BCUT2D eigenvalue weighted by Crippen LogP contribution is 2.45. The Morgan fingerprint density at radius 3 is 2.61 bits per heavy atom. The van der Waals surface area contributed by atoms with Gasteiger partial charge in [0.2, 0.25) is 0 Å². The number of rotatable bonds is 3. The van der Waals surface area contributed by atoms with Crippen molar-refractivity contribution in [3.05, 3.63) is 89.8 Å². The lowest BCUT2D eigenvalue weighted by Crippen LogP contribution is -2.31. The molecule has 28 heavy (non-hydrogen) atoms. The molecule has 2 aliphatic rings. The number of hydrogen-bond acceptors (Lipinski definition) is 4. The first-order valence-electron chi connectivity index (χ1n) is 9.56. The molecule has 1 aliphatic heterocycles. The van der Waals surface area contributed by atoms with Crippen LogP contribution in [-0.2, 0) is 0 Å². The lowest BCUT2D eigenvalue weighted by molar-refractivity contribution is 0.0656. The Morgan fingerprint density at radius 2 is 1.86 bits per heavy atom. The molecule has 1 aliphatic carbocycles. The topological polar surface area (TPSA) is 59.0 Å². The Balaban J connectivity index is 1.57. The lowest BCUT2D eigenvalue weighted by Gasteiger charge is -2.27. The van der Waals surface area contributed by atoms with Crippen LogP contribution in [0.25, 0.3) is 6.08 Å². The number of carbonyl (C=O) groups excluding carboxylic acids is 1. The van der Waals surface area contributed by atoms with E-state index in [1.807, 2.05) is 60.7 Å². The molecule has 0 spiro atoms. The van der Waals surface area contributed by atoms with Gasteiger partial charge in [-0.2, -0.15) is 5.10 Å². The van der Waals surface area contributed by atoms with E-state index in [4.69, 9.17) is 13.9 Å². The molecular weight excluding hydrogens is 352 g/mol. The molecule has 0 bridgehead atoms. The summed E-state index contributed by atoms with van der Waals surface area (Å²) in [6.45, 7) is 0. The summed E-state index contributed by atoms with van der Waals surface area (Å²) in [5.74, 6) is 1.59. The molecule has 5 rings (SSSR count). The van der Waals surface area contributed by atoms with E-state index < -0.39 is 0 Å². The summed E-state index contributed by atoms with van der Waals surface area (Å²) in [4.78, 5) is 13.3. The fourth-order valence-corrected chi connectivity index (χ4v) is 4.16. The molecule has 1 fully saturated rings. The van der Waals surface area contributed by atoms with Gasteiger partial charge in [-0.05, 0) is 67.3 Å². The zero-order valence-electron chi connectivity index (χ0n) is 15.3. The third-order valence-corrected chi connectivity index (χ3v) is 5.42. The maximum absolute atomic E-state index is 13.3. The van der Waals surface area contributed by atoms with Gasteiger partial charge < -0.3 is 8.83 Å². The van der Waals surface area contributed by atoms with E-state index >= 15 is 0 Å². The number of carbonyl (C=O) groups is 1. The first kappa shape index (κ1) is 16.8. The van der Waals surface area contributed by atoms with Gasteiger partial charge in [0.15, 0.2) is 0 Å². The Hall–Kier alpha value is -3.34. The van der Waals surface area contributed by atoms with E-state index in [9.17, 15) is 4.79 Å². The Labute approximate surface area is 163 Å². The molecule has 5 nitrogen and oxygen atoms in total. The molecule has 0 N–H and O–H groups in total. The Kier molecular flexibility index (Phi) is 4.20. The fourth-order valence-electron chi connectivity index (χ4n) is 4.16. The SMILES string of the molecule is O=C(c1ccccc1)N1N=C2/C(=C\c3ccco3)CCCC2C1c1ccco1. The Morgan fingerprint density at radius 1 is 1.04 bits per heavy atom. The molecule has 1 saturated carbocycles. The van der Waals surface area contributed by atoms with Gasteiger partial charge in [-0.3, -0.25) is 4.79 Å². The fraction of sp³-hybridized carbons (Fsp3) is 0.217. The molecule has 2 unspecified atom stereocenters. The second-order valence-electron chi connectivity index (χ2n) is 7.14. The molecule has 3 aromatic rings. The first-order valence-corrected chi connectivity index (χ1v) is 9.56. The van der Waals surface area contributed by atoms with E-state index in [-0.39, 0.29) is 17.9 Å². The lowest BCUT2D eigenvalue weighted by atomic mass is 9.79. The predicted molar refractivity (Wildman–Crippen MR) is 106 cm³/mol. The Bertz CT molecular complexity index is 1020. The summed E-state index contributed by atoms with van der Waals surface area (Å²) in [6, 6.07) is 16.7. The van der Waals surface area contributed by atoms with Crippen LogP contribution in [0, 0.1) is 5.92 Å². The maximum atomic E-state index is 13.3. The second-order valence-corrected chi connectivity index (χ2v) is 7.14. The summed E-state index contributed by atoms with van der Waals surface area (Å²) < 4.78 is 11.2. The average Bonchev–Trinajstić information content (AvgIpc) is 3.48. The third kappa shape index (κ3) is 2.89. The van der Waals surface area contributed by atoms with Crippen molar-refractivity contribution in [3.8, 4) is 0 Å². The highest BCUT2D eigenvalue weighted by molar-refractivity contribution is 6.09. The van der Waals surface area contributed by atoms with Crippen LogP contribution >= 0.6 is 0 Å². The highest BCUT2D eigenvalue weighted by Gasteiger charge is 2.45. The zero-order valence-corrected chi connectivity index (χ0v) is 15.3. The zero-order chi connectivity index (χ0) is 18.9. The number of hydrogen-bond donors (Lipinski definition) is 0. The van der Waals surface area contributed by atoms with Crippen molar-refractivity contribution < 1.29 is 13.6 Å². The molecule has 0 radical (unpaired) electrons. The van der Waals surface area contributed by atoms with Crippen molar-refractivity contribution in [1.82, 2.24) is 5.01 Å². The minimum Gasteiger partial charge on any atom is -0.467 e. The normalized spacial score (nSPS) is 22.9. The van der Waals surface area contributed by atoms with E-state index in [1.165, 1.54) is 0 Å². The minimum atomic E-state index is -0.224. The molecule has 1 aromatic carbocycles. The summed E-state index contributed by atoms with van der Waals surface area (Å²) in [5.41, 5.74) is 2.72. The van der Waals surface area contributed by atoms with E-state index in [2.05, 4.69) is 0 Å². The van der Waals surface area contributed by atoms with Crippen LogP contribution in [0.2, 0.25) is 0 Å². The highest BCUT2D eigenvalue weighted by atomic mass is 16.3. The molecule has 2 aromatic heterocycles. The van der Waals surface area contributed by atoms with Crippen molar-refractivity contribution in [2.45, 2.75) is 25.3 Å². The number of nitrogens with zero attached hydrogens (tertiary/aromatic N) is 2. The average molecular weight is 372 g/mol. The van der Waals surface area contributed by atoms with Gasteiger partial charge in [0.05, 0.1) is 18.2 Å². The molecule has 2 atom stereocenters. The van der Waals surface area contributed by atoms with Crippen molar-refractivity contribution in [3.63, 3.8) is 0 Å². The van der Waals surface area contributed by atoms with Crippen LogP contribution in [0.1, 0.15) is 47.2 Å². The van der Waals surface area contributed by atoms with E-state index in [1.54, 1.807) is 17.5 Å². The van der Waals surface area contributed by atoms with Crippen LogP contribution < -0.4 is 0 Å². The predicted octanol–water partition coefficient (Wildman–Crippen LogP) is 5.31.